The summed E-state index contributed by atoms with van der Waals surface area (Å²) in [5.41, 5.74) is 5.22. The third kappa shape index (κ3) is 5.00. The van der Waals surface area contributed by atoms with Gasteiger partial charge in [0.1, 0.15) is 17.4 Å². The van der Waals surface area contributed by atoms with Crippen LogP contribution in [0.1, 0.15) is 35.3 Å². The third-order valence-electron chi connectivity index (χ3n) is 5.47. The molecule has 3 aromatic rings. The number of carbonyl (C=O) groups excluding carboxylic acids is 1. The number of esters is 1. The van der Waals surface area contributed by atoms with E-state index in [4.69, 9.17) is 27.1 Å². The lowest BCUT2D eigenvalue weighted by Gasteiger charge is -2.32. The zero-order valence-electron chi connectivity index (χ0n) is 18.7. The van der Waals surface area contributed by atoms with Crippen LogP contribution in [-0.2, 0) is 9.53 Å². The van der Waals surface area contributed by atoms with E-state index in [1.807, 2.05) is 0 Å². The van der Waals surface area contributed by atoms with Crippen LogP contribution in [0.3, 0.4) is 0 Å². The Kier molecular flexibility index (Phi) is 7.45. The van der Waals surface area contributed by atoms with Crippen LogP contribution >= 0.6 is 22.9 Å². The Hall–Kier alpha value is -3.26. The summed E-state index contributed by atoms with van der Waals surface area (Å²) < 4.78 is 45.8. The van der Waals surface area contributed by atoms with Gasteiger partial charge in [0.25, 0.3) is 0 Å². The summed E-state index contributed by atoms with van der Waals surface area (Å²) in [5, 5.41) is 19.2. The lowest BCUT2D eigenvalue weighted by molar-refractivity contribution is -0.148. The molecule has 1 aliphatic heterocycles. The molecule has 4 rings (SSSR count). The topological polar surface area (TPSA) is 128 Å². The Balaban J connectivity index is 1.96. The smallest absolute Gasteiger partial charge is 0.333 e. The number of amidine groups is 1. The first-order chi connectivity index (χ1) is 17.2. The number of ether oxygens (including phenoxy) is 1. The number of aromatic nitrogens is 3. The van der Waals surface area contributed by atoms with E-state index < -0.39 is 36.5 Å². The molecule has 36 heavy (non-hydrogen) atoms. The number of aliphatic imine (C=N–C) groups is 1. The van der Waals surface area contributed by atoms with Crippen molar-refractivity contribution in [2.75, 3.05) is 13.7 Å². The number of nitrogens with zero attached hydrogens (tertiary/aromatic N) is 4. The van der Waals surface area contributed by atoms with Gasteiger partial charge in [-0.1, -0.05) is 17.7 Å². The molecule has 0 bridgehead atoms. The number of alkyl halides is 2. The number of rotatable bonds is 8. The number of benzene rings is 1. The standard InChI is InChI=1S/C22H20ClF3N6O3S/c1-35-20(34)22(27,10-33)9-15-16(14-4-6-32(31-14)21(25)26)17(12-3-2-11(24)8-13(12)23)30-18(29-15)19-28-5-7-36-19/h2-8,17,21,33H,9-10,27H2,1H3,(H,29,30)/t17-,22-/m0/s1. The van der Waals surface area contributed by atoms with Crippen molar-refractivity contribution < 1.29 is 27.8 Å². The van der Waals surface area contributed by atoms with E-state index in [0.717, 1.165) is 19.4 Å². The zero-order chi connectivity index (χ0) is 26.0. The molecule has 0 saturated carbocycles. The van der Waals surface area contributed by atoms with E-state index in [9.17, 15) is 23.1 Å². The number of halogens is 4. The quantitative estimate of drug-likeness (QED) is 0.374. The zero-order valence-corrected chi connectivity index (χ0v) is 20.2. The van der Waals surface area contributed by atoms with Crippen LogP contribution in [0, 0.1) is 5.82 Å². The van der Waals surface area contributed by atoms with Crippen molar-refractivity contribution in [2.45, 2.75) is 24.6 Å². The number of hydrogen-bond donors (Lipinski definition) is 3. The van der Waals surface area contributed by atoms with Crippen LogP contribution in [0.4, 0.5) is 13.2 Å². The summed E-state index contributed by atoms with van der Waals surface area (Å²) in [6, 6.07) is 4.07. The first kappa shape index (κ1) is 25.8. The van der Waals surface area contributed by atoms with Crippen LogP contribution in [0.25, 0.3) is 5.57 Å². The Labute approximate surface area is 212 Å². The minimum absolute atomic E-state index is 0.0309. The van der Waals surface area contributed by atoms with E-state index in [2.05, 4.69) is 15.4 Å². The molecule has 14 heteroatoms. The van der Waals surface area contributed by atoms with Gasteiger partial charge in [0, 0.05) is 46.1 Å². The summed E-state index contributed by atoms with van der Waals surface area (Å²) in [6.45, 7) is -3.70. The fourth-order valence-electron chi connectivity index (χ4n) is 3.73. The first-order valence-corrected chi connectivity index (χ1v) is 11.7. The third-order valence-corrected chi connectivity index (χ3v) is 6.58. The molecule has 0 saturated heterocycles. The summed E-state index contributed by atoms with van der Waals surface area (Å²) in [6.07, 6.45) is 2.32. The van der Waals surface area contributed by atoms with Gasteiger partial charge in [0.15, 0.2) is 10.8 Å². The van der Waals surface area contributed by atoms with Crippen molar-refractivity contribution in [3.63, 3.8) is 0 Å². The molecule has 2 atom stereocenters. The maximum absolute atomic E-state index is 13.9. The van der Waals surface area contributed by atoms with Crippen LogP contribution in [0.5, 0.6) is 0 Å². The predicted octanol–water partition coefficient (Wildman–Crippen LogP) is 3.28. The fraction of sp³-hybridized carbons (Fsp3) is 0.273. The predicted molar refractivity (Wildman–Crippen MR) is 127 cm³/mol. The maximum atomic E-state index is 13.9. The highest BCUT2D eigenvalue weighted by atomic mass is 35.5. The maximum Gasteiger partial charge on any atom is 0.333 e. The molecule has 1 aromatic carbocycles. The van der Waals surface area contributed by atoms with Crippen molar-refractivity contribution >= 4 is 40.3 Å². The van der Waals surface area contributed by atoms with Gasteiger partial charge in [-0.2, -0.15) is 13.9 Å². The second-order valence-electron chi connectivity index (χ2n) is 7.84. The molecular formula is C22H20ClF3N6O3S. The van der Waals surface area contributed by atoms with Crippen molar-refractivity contribution in [3.05, 3.63) is 74.8 Å². The summed E-state index contributed by atoms with van der Waals surface area (Å²) in [5.74, 6) is -1.21. The molecule has 3 heterocycles. The Morgan fingerprint density at radius 2 is 2.19 bits per heavy atom. The Bertz CT molecular complexity index is 1330. The number of thiazole rings is 1. The second kappa shape index (κ2) is 10.4. The van der Waals surface area contributed by atoms with Gasteiger partial charge in [-0.25, -0.2) is 18.9 Å². The summed E-state index contributed by atoms with van der Waals surface area (Å²) in [4.78, 5) is 21.4. The molecule has 0 spiro atoms. The highest BCUT2D eigenvalue weighted by Crippen LogP contribution is 2.42. The Morgan fingerprint density at radius 1 is 1.42 bits per heavy atom. The lowest BCUT2D eigenvalue weighted by atomic mass is 9.87. The van der Waals surface area contributed by atoms with Crippen molar-refractivity contribution in [1.82, 2.24) is 20.1 Å². The average Bonchev–Trinajstić information content (AvgIpc) is 3.56. The fourth-order valence-corrected chi connectivity index (χ4v) is 4.59. The van der Waals surface area contributed by atoms with Crippen LogP contribution in [0.2, 0.25) is 5.02 Å². The van der Waals surface area contributed by atoms with Crippen molar-refractivity contribution in [3.8, 4) is 0 Å². The molecule has 2 aromatic heterocycles. The highest BCUT2D eigenvalue weighted by molar-refractivity contribution is 7.11. The molecule has 1 aliphatic rings. The molecule has 0 amide bonds. The van der Waals surface area contributed by atoms with E-state index >= 15 is 0 Å². The molecule has 190 valence electrons. The van der Waals surface area contributed by atoms with Gasteiger partial charge >= 0.3 is 12.5 Å². The normalized spacial score (nSPS) is 17.6. The van der Waals surface area contributed by atoms with Crippen LogP contribution < -0.4 is 11.1 Å². The van der Waals surface area contributed by atoms with Crippen molar-refractivity contribution in [2.24, 2.45) is 10.7 Å². The van der Waals surface area contributed by atoms with E-state index in [1.165, 1.54) is 29.5 Å². The van der Waals surface area contributed by atoms with Gasteiger partial charge in [-0.15, -0.1) is 11.3 Å². The molecule has 4 N–H and O–H groups in total. The van der Waals surface area contributed by atoms with Gasteiger partial charge in [-0.3, -0.25) is 4.99 Å². The molecule has 0 aliphatic carbocycles. The number of aliphatic hydroxyl groups excluding tert-OH is 1. The number of nitrogens with one attached hydrogen (secondary N) is 1. The van der Waals surface area contributed by atoms with Gasteiger partial charge in [-0.05, 0) is 18.2 Å². The monoisotopic (exact) mass is 540 g/mol. The SMILES string of the molecule is COC(=O)[C@@](N)(CO)CC1=C(c2ccn(C(F)F)n2)[C@H](c2ccc(F)cc2Cl)N=C(c2nccs2)N1. The van der Waals surface area contributed by atoms with E-state index in [-0.39, 0.29) is 34.2 Å². The largest absolute Gasteiger partial charge is 0.468 e. The van der Waals surface area contributed by atoms with E-state index in [1.54, 1.807) is 11.6 Å². The molecular weight excluding hydrogens is 521 g/mol. The highest BCUT2D eigenvalue weighted by Gasteiger charge is 2.40. The number of carbonyl (C=O) groups is 1. The minimum Gasteiger partial charge on any atom is -0.468 e. The second-order valence-corrected chi connectivity index (χ2v) is 9.14. The van der Waals surface area contributed by atoms with E-state index in [0.29, 0.717) is 15.3 Å². The molecule has 0 radical (unpaired) electrons. The minimum atomic E-state index is -2.91. The van der Waals surface area contributed by atoms with Gasteiger partial charge in [0.05, 0.1) is 19.4 Å². The van der Waals surface area contributed by atoms with Crippen LogP contribution in [-0.4, -0.2) is 50.9 Å². The Morgan fingerprint density at radius 3 is 2.78 bits per heavy atom. The first-order valence-electron chi connectivity index (χ1n) is 10.4. The van der Waals surface area contributed by atoms with Gasteiger partial charge in [0.2, 0.25) is 0 Å². The molecule has 9 nitrogen and oxygen atoms in total. The number of methoxy groups -OCH3 is 1. The molecule has 0 fully saturated rings. The number of aliphatic hydroxyl groups is 1. The van der Waals surface area contributed by atoms with Crippen molar-refractivity contribution in [1.29, 1.82) is 0 Å². The summed E-state index contributed by atoms with van der Waals surface area (Å²) in [7, 11) is 1.12. The average molecular weight is 541 g/mol. The van der Waals surface area contributed by atoms with Gasteiger partial charge < -0.3 is 20.9 Å². The summed E-state index contributed by atoms with van der Waals surface area (Å²) >= 11 is 7.64. The van der Waals surface area contributed by atoms with Crippen LogP contribution in [0.15, 0.2) is 52.7 Å². The number of hydrogen-bond acceptors (Lipinski definition) is 9. The number of nitrogens with two attached hydrogens (primary N) is 1. The molecule has 0 unspecified atom stereocenters. The lowest BCUT2D eigenvalue weighted by Crippen LogP contribution is -2.53.